The Morgan fingerprint density at radius 1 is 1.05 bits per heavy atom. The van der Waals surface area contributed by atoms with Crippen molar-refractivity contribution in [3.8, 4) is 0 Å². The fourth-order valence-corrected chi connectivity index (χ4v) is 3.22. The number of halogens is 2. The Morgan fingerprint density at radius 3 is 2.48 bits per heavy atom. The van der Waals surface area contributed by atoms with E-state index in [9.17, 15) is 0 Å². The fraction of sp³-hybridized carbons (Fsp3) is 0.294. The SMILES string of the molecule is Clc1cccc(NCc2ccc(N3CCCC3)cc2)c1Br. The predicted octanol–water partition coefficient (Wildman–Crippen LogP) is 5.31. The predicted molar refractivity (Wildman–Crippen MR) is 94.4 cm³/mol. The third-order valence-electron chi connectivity index (χ3n) is 3.84. The van der Waals surface area contributed by atoms with Crippen LogP contribution in [-0.2, 0) is 6.54 Å². The molecule has 0 saturated carbocycles. The molecule has 0 bridgehead atoms. The zero-order valence-corrected chi connectivity index (χ0v) is 14.1. The molecule has 0 unspecified atom stereocenters. The second-order valence-corrected chi connectivity index (χ2v) is 6.52. The molecule has 1 aliphatic rings. The first-order valence-corrected chi connectivity index (χ1v) is 8.43. The second-order valence-electron chi connectivity index (χ2n) is 5.32. The zero-order valence-electron chi connectivity index (χ0n) is 11.8. The van der Waals surface area contributed by atoms with Crippen molar-refractivity contribution in [2.75, 3.05) is 23.3 Å². The molecule has 1 aliphatic heterocycles. The molecule has 0 spiro atoms. The van der Waals surface area contributed by atoms with Gasteiger partial charge in [0.25, 0.3) is 0 Å². The molecule has 2 aromatic carbocycles. The van der Waals surface area contributed by atoms with Crippen molar-refractivity contribution in [1.82, 2.24) is 0 Å². The van der Waals surface area contributed by atoms with E-state index >= 15 is 0 Å². The van der Waals surface area contributed by atoms with Crippen LogP contribution in [0.4, 0.5) is 11.4 Å². The summed E-state index contributed by atoms with van der Waals surface area (Å²) in [6, 6.07) is 14.7. The van der Waals surface area contributed by atoms with Gasteiger partial charge in [-0.05, 0) is 58.6 Å². The molecule has 2 nitrogen and oxygen atoms in total. The average molecular weight is 366 g/mol. The molecule has 2 aromatic rings. The van der Waals surface area contributed by atoms with Gasteiger partial charge in [-0.1, -0.05) is 29.8 Å². The Hall–Kier alpha value is -1.19. The molecule has 0 radical (unpaired) electrons. The molecule has 110 valence electrons. The second kappa shape index (κ2) is 6.71. The van der Waals surface area contributed by atoms with Gasteiger partial charge < -0.3 is 10.2 Å². The number of hydrogen-bond donors (Lipinski definition) is 1. The molecule has 0 aromatic heterocycles. The van der Waals surface area contributed by atoms with Gasteiger partial charge in [-0.15, -0.1) is 0 Å². The van der Waals surface area contributed by atoms with Gasteiger partial charge in [0.15, 0.2) is 0 Å². The molecule has 0 amide bonds. The molecule has 1 fully saturated rings. The Balaban J connectivity index is 1.64. The van der Waals surface area contributed by atoms with E-state index in [0.29, 0.717) is 0 Å². The van der Waals surface area contributed by atoms with E-state index in [1.54, 1.807) is 0 Å². The highest BCUT2D eigenvalue weighted by Crippen LogP contribution is 2.30. The highest BCUT2D eigenvalue weighted by atomic mass is 79.9. The quantitative estimate of drug-likeness (QED) is 0.789. The Morgan fingerprint density at radius 2 is 1.76 bits per heavy atom. The highest BCUT2D eigenvalue weighted by molar-refractivity contribution is 9.10. The van der Waals surface area contributed by atoms with E-state index in [2.05, 4.69) is 50.4 Å². The van der Waals surface area contributed by atoms with Gasteiger partial charge in [0, 0.05) is 25.3 Å². The standard InChI is InChI=1S/C17H18BrClN2/c18-17-15(19)4-3-5-16(17)20-12-13-6-8-14(9-7-13)21-10-1-2-11-21/h3-9,20H,1-2,10-12H2. The fourth-order valence-electron chi connectivity index (χ4n) is 2.64. The van der Waals surface area contributed by atoms with E-state index in [0.717, 1.165) is 21.7 Å². The summed E-state index contributed by atoms with van der Waals surface area (Å²) < 4.78 is 0.917. The molecule has 3 rings (SSSR count). The van der Waals surface area contributed by atoms with Crippen LogP contribution in [0.1, 0.15) is 18.4 Å². The summed E-state index contributed by atoms with van der Waals surface area (Å²) in [6.07, 6.45) is 2.62. The van der Waals surface area contributed by atoms with Crippen molar-refractivity contribution < 1.29 is 0 Å². The number of nitrogens with zero attached hydrogens (tertiary/aromatic N) is 1. The lowest BCUT2D eigenvalue weighted by molar-refractivity contribution is 0.949. The maximum atomic E-state index is 6.10. The Kier molecular flexibility index (Phi) is 4.71. The largest absolute Gasteiger partial charge is 0.380 e. The van der Waals surface area contributed by atoms with Crippen molar-refractivity contribution in [2.24, 2.45) is 0 Å². The van der Waals surface area contributed by atoms with Crippen molar-refractivity contribution in [2.45, 2.75) is 19.4 Å². The van der Waals surface area contributed by atoms with Gasteiger partial charge in [0.1, 0.15) is 0 Å². The first kappa shape index (κ1) is 14.7. The lowest BCUT2D eigenvalue weighted by Crippen LogP contribution is -2.17. The van der Waals surface area contributed by atoms with E-state index in [1.807, 2.05) is 18.2 Å². The maximum absolute atomic E-state index is 6.10. The minimum atomic E-state index is 0.726. The molecule has 1 heterocycles. The summed E-state index contributed by atoms with van der Waals surface area (Å²) in [7, 11) is 0. The molecule has 0 atom stereocenters. The highest BCUT2D eigenvalue weighted by Gasteiger charge is 2.11. The summed E-state index contributed by atoms with van der Waals surface area (Å²) in [5.74, 6) is 0. The Bertz CT molecular complexity index is 607. The molecule has 0 aliphatic carbocycles. The van der Waals surface area contributed by atoms with E-state index in [-0.39, 0.29) is 0 Å². The van der Waals surface area contributed by atoms with Crippen LogP contribution in [0.5, 0.6) is 0 Å². The van der Waals surface area contributed by atoms with Gasteiger partial charge in [-0.3, -0.25) is 0 Å². The van der Waals surface area contributed by atoms with Crippen LogP contribution in [0.2, 0.25) is 5.02 Å². The average Bonchev–Trinajstić information content (AvgIpc) is 3.04. The molecule has 1 saturated heterocycles. The molecule has 21 heavy (non-hydrogen) atoms. The van der Waals surface area contributed by atoms with Crippen LogP contribution >= 0.6 is 27.5 Å². The number of nitrogens with one attached hydrogen (secondary N) is 1. The van der Waals surface area contributed by atoms with Crippen LogP contribution in [-0.4, -0.2) is 13.1 Å². The van der Waals surface area contributed by atoms with E-state index < -0.39 is 0 Å². The summed E-state index contributed by atoms with van der Waals surface area (Å²) in [5.41, 5.74) is 3.62. The third kappa shape index (κ3) is 3.53. The molecular weight excluding hydrogens is 348 g/mol. The summed E-state index contributed by atoms with van der Waals surface area (Å²) >= 11 is 9.61. The van der Waals surface area contributed by atoms with Crippen LogP contribution in [0.15, 0.2) is 46.9 Å². The number of benzene rings is 2. The maximum Gasteiger partial charge on any atom is 0.0593 e. The van der Waals surface area contributed by atoms with Gasteiger partial charge >= 0.3 is 0 Å². The first-order valence-electron chi connectivity index (χ1n) is 7.26. The van der Waals surface area contributed by atoms with Crippen LogP contribution in [0.3, 0.4) is 0 Å². The molecular formula is C17H18BrClN2. The van der Waals surface area contributed by atoms with Crippen molar-refractivity contribution in [3.63, 3.8) is 0 Å². The third-order valence-corrected chi connectivity index (χ3v) is 5.24. The van der Waals surface area contributed by atoms with E-state index in [1.165, 1.54) is 37.2 Å². The summed E-state index contributed by atoms with van der Waals surface area (Å²) in [6.45, 7) is 3.17. The van der Waals surface area contributed by atoms with Crippen molar-refractivity contribution in [3.05, 3.63) is 57.5 Å². The molecule has 4 heteroatoms. The summed E-state index contributed by atoms with van der Waals surface area (Å²) in [5, 5.41) is 4.14. The minimum Gasteiger partial charge on any atom is -0.380 e. The smallest absolute Gasteiger partial charge is 0.0593 e. The van der Waals surface area contributed by atoms with Crippen LogP contribution in [0, 0.1) is 0 Å². The molecule has 1 N–H and O–H groups in total. The number of anilines is 2. The topological polar surface area (TPSA) is 15.3 Å². The van der Waals surface area contributed by atoms with Crippen LogP contribution in [0.25, 0.3) is 0 Å². The number of hydrogen-bond acceptors (Lipinski definition) is 2. The van der Waals surface area contributed by atoms with Crippen molar-refractivity contribution >= 4 is 38.9 Å². The van der Waals surface area contributed by atoms with E-state index in [4.69, 9.17) is 11.6 Å². The van der Waals surface area contributed by atoms with Gasteiger partial charge in [-0.25, -0.2) is 0 Å². The lowest BCUT2D eigenvalue weighted by Gasteiger charge is -2.18. The Labute approximate surface area is 139 Å². The van der Waals surface area contributed by atoms with Gasteiger partial charge in [-0.2, -0.15) is 0 Å². The van der Waals surface area contributed by atoms with Gasteiger partial charge in [0.05, 0.1) is 15.2 Å². The zero-order chi connectivity index (χ0) is 14.7. The summed E-state index contributed by atoms with van der Waals surface area (Å²) in [4.78, 5) is 2.45. The number of rotatable bonds is 4. The first-order chi connectivity index (χ1) is 10.2. The normalized spacial score (nSPS) is 14.5. The van der Waals surface area contributed by atoms with Gasteiger partial charge in [0.2, 0.25) is 0 Å². The minimum absolute atomic E-state index is 0.726. The van der Waals surface area contributed by atoms with Crippen molar-refractivity contribution in [1.29, 1.82) is 0 Å². The lowest BCUT2D eigenvalue weighted by atomic mass is 10.2. The monoisotopic (exact) mass is 364 g/mol. The van der Waals surface area contributed by atoms with Crippen LogP contribution < -0.4 is 10.2 Å².